The van der Waals surface area contributed by atoms with E-state index in [9.17, 15) is 10.1 Å². The Morgan fingerprint density at radius 3 is 2.50 bits per heavy atom. The Bertz CT molecular complexity index is 338. The van der Waals surface area contributed by atoms with Crippen molar-refractivity contribution in [3.63, 3.8) is 0 Å². The summed E-state index contributed by atoms with van der Waals surface area (Å²) in [6.07, 6.45) is 1.12. The number of hydrogen-bond donors (Lipinski definition) is 1. The third-order valence-corrected chi connectivity index (χ3v) is 2.92. The largest absolute Gasteiger partial charge is 0.269 e. The van der Waals surface area contributed by atoms with E-state index in [-0.39, 0.29) is 10.6 Å². The summed E-state index contributed by atoms with van der Waals surface area (Å²) in [5.41, 5.74) is 0.131. The summed E-state index contributed by atoms with van der Waals surface area (Å²) in [4.78, 5) is 11.0. The summed E-state index contributed by atoms with van der Waals surface area (Å²) in [5.74, 6) is 0.685. The molecule has 0 amide bonds. The van der Waals surface area contributed by atoms with Crippen molar-refractivity contribution < 1.29 is 4.92 Å². The standard InChI is InChI=1S/C11H16N2O2S/c1-9(2)7-8-12-16-11-5-3-10(4-6-11)13(14)15/h3-6,9,12H,7-8H2,1-2H3. The van der Waals surface area contributed by atoms with Gasteiger partial charge < -0.3 is 0 Å². The number of non-ortho nitro benzene ring substituents is 1. The molecule has 0 saturated heterocycles. The minimum atomic E-state index is -0.388. The second-order valence-corrected chi connectivity index (χ2v) is 4.89. The lowest BCUT2D eigenvalue weighted by atomic mass is 10.1. The lowest BCUT2D eigenvalue weighted by Gasteiger charge is -2.05. The monoisotopic (exact) mass is 240 g/mol. The highest BCUT2D eigenvalue weighted by Gasteiger charge is 2.03. The predicted octanol–water partition coefficient (Wildman–Crippen LogP) is 3.24. The molecule has 1 aromatic rings. The molecule has 0 radical (unpaired) electrons. The number of rotatable bonds is 6. The molecule has 0 spiro atoms. The maximum Gasteiger partial charge on any atom is 0.269 e. The highest BCUT2D eigenvalue weighted by molar-refractivity contribution is 7.97. The van der Waals surface area contributed by atoms with E-state index in [2.05, 4.69) is 18.6 Å². The predicted molar refractivity (Wildman–Crippen MR) is 66.4 cm³/mol. The van der Waals surface area contributed by atoms with Crippen LogP contribution in [0.2, 0.25) is 0 Å². The van der Waals surface area contributed by atoms with Crippen molar-refractivity contribution in [2.24, 2.45) is 5.92 Å². The molecule has 1 rings (SSSR count). The molecule has 5 heteroatoms. The van der Waals surface area contributed by atoms with Crippen LogP contribution in [0.15, 0.2) is 29.2 Å². The zero-order valence-electron chi connectivity index (χ0n) is 9.47. The van der Waals surface area contributed by atoms with Gasteiger partial charge in [0.2, 0.25) is 0 Å². The molecule has 0 unspecified atom stereocenters. The van der Waals surface area contributed by atoms with Crippen LogP contribution in [0.3, 0.4) is 0 Å². The van der Waals surface area contributed by atoms with E-state index >= 15 is 0 Å². The number of nitrogens with one attached hydrogen (secondary N) is 1. The van der Waals surface area contributed by atoms with Gasteiger partial charge in [-0.1, -0.05) is 13.8 Å². The molecule has 0 aliphatic carbocycles. The zero-order valence-corrected chi connectivity index (χ0v) is 10.3. The topological polar surface area (TPSA) is 55.2 Å². The van der Waals surface area contributed by atoms with Gasteiger partial charge in [0.05, 0.1) is 4.92 Å². The van der Waals surface area contributed by atoms with Crippen molar-refractivity contribution in [1.82, 2.24) is 4.72 Å². The van der Waals surface area contributed by atoms with E-state index in [4.69, 9.17) is 0 Å². The average molecular weight is 240 g/mol. The number of nitro benzene ring substituents is 1. The molecule has 0 fully saturated rings. The van der Waals surface area contributed by atoms with Crippen LogP contribution in [-0.2, 0) is 0 Å². The number of nitro groups is 1. The molecule has 1 N–H and O–H groups in total. The van der Waals surface area contributed by atoms with Crippen LogP contribution >= 0.6 is 11.9 Å². The SMILES string of the molecule is CC(C)CCNSc1ccc([N+](=O)[O-])cc1. The lowest BCUT2D eigenvalue weighted by Crippen LogP contribution is -2.07. The number of hydrogen-bond acceptors (Lipinski definition) is 4. The van der Waals surface area contributed by atoms with Gasteiger partial charge in [-0.15, -0.1) is 0 Å². The molecule has 0 saturated carbocycles. The smallest absolute Gasteiger partial charge is 0.260 e. The fraction of sp³-hybridized carbons (Fsp3) is 0.455. The van der Waals surface area contributed by atoms with Gasteiger partial charge in [-0.3, -0.25) is 14.8 Å². The Morgan fingerprint density at radius 2 is 2.00 bits per heavy atom. The van der Waals surface area contributed by atoms with Gasteiger partial charge in [0.1, 0.15) is 0 Å². The minimum absolute atomic E-state index is 0.131. The first-order chi connectivity index (χ1) is 7.59. The number of benzene rings is 1. The first-order valence-electron chi connectivity index (χ1n) is 5.23. The van der Waals surface area contributed by atoms with E-state index in [1.807, 2.05) is 0 Å². The van der Waals surface area contributed by atoms with E-state index in [1.54, 1.807) is 12.1 Å². The van der Waals surface area contributed by atoms with Crippen LogP contribution in [0.1, 0.15) is 20.3 Å². The Hall–Kier alpha value is -1.07. The molecule has 4 nitrogen and oxygen atoms in total. The van der Waals surface area contributed by atoms with Crippen LogP contribution in [0.5, 0.6) is 0 Å². The summed E-state index contributed by atoms with van der Waals surface area (Å²) in [5, 5.41) is 10.4. The molecule has 0 atom stereocenters. The summed E-state index contributed by atoms with van der Waals surface area (Å²) in [6.45, 7) is 5.30. The third kappa shape index (κ3) is 4.63. The number of nitrogens with zero attached hydrogens (tertiary/aromatic N) is 1. The van der Waals surface area contributed by atoms with Gasteiger partial charge in [0.15, 0.2) is 0 Å². The van der Waals surface area contributed by atoms with Gasteiger partial charge in [-0.05, 0) is 36.4 Å². The summed E-state index contributed by atoms with van der Waals surface area (Å²) >= 11 is 1.51. The second-order valence-electron chi connectivity index (χ2n) is 3.93. The fourth-order valence-electron chi connectivity index (χ4n) is 1.12. The Labute approximate surface area is 99.7 Å². The van der Waals surface area contributed by atoms with Crippen molar-refractivity contribution >= 4 is 17.6 Å². The molecule has 1 aromatic carbocycles. The zero-order chi connectivity index (χ0) is 12.0. The molecule has 0 bridgehead atoms. The van der Waals surface area contributed by atoms with Crippen LogP contribution in [0.25, 0.3) is 0 Å². The maximum absolute atomic E-state index is 10.4. The van der Waals surface area contributed by atoms with Crippen molar-refractivity contribution in [2.45, 2.75) is 25.2 Å². The molecule has 16 heavy (non-hydrogen) atoms. The average Bonchev–Trinajstić information content (AvgIpc) is 2.25. The molecule has 0 aliphatic rings. The maximum atomic E-state index is 10.4. The molecular weight excluding hydrogens is 224 g/mol. The third-order valence-electron chi connectivity index (χ3n) is 2.06. The van der Waals surface area contributed by atoms with Crippen molar-refractivity contribution in [2.75, 3.05) is 6.54 Å². The summed E-state index contributed by atoms with van der Waals surface area (Å²) < 4.78 is 3.23. The van der Waals surface area contributed by atoms with Crippen molar-refractivity contribution in [3.8, 4) is 0 Å². The molecule has 0 aromatic heterocycles. The summed E-state index contributed by atoms with van der Waals surface area (Å²) in [6, 6.07) is 6.55. The first kappa shape index (κ1) is 13.0. The molecular formula is C11H16N2O2S. The Morgan fingerprint density at radius 1 is 1.38 bits per heavy atom. The highest BCUT2D eigenvalue weighted by Crippen LogP contribution is 2.18. The van der Waals surface area contributed by atoms with Gasteiger partial charge in [-0.2, -0.15) is 0 Å². The summed E-state index contributed by atoms with van der Waals surface area (Å²) in [7, 11) is 0. The van der Waals surface area contributed by atoms with Crippen molar-refractivity contribution in [1.29, 1.82) is 0 Å². The lowest BCUT2D eigenvalue weighted by molar-refractivity contribution is -0.384. The van der Waals surface area contributed by atoms with Gasteiger partial charge in [0.25, 0.3) is 5.69 Å². The van der Waals surface area contributed by atoms with Crippen molar-refractivity contribution in [3.05, 3.63) is 34.4 Å². The van der Waals surface area contributed by atoms with Gasteiger partial charge >= 0.3 is 0 Å². The Kier molecular flexibility index (Phi) is 5.28. The first-order valence-corrected chi connectivity index (χ1v) is 6.05. The van der Waals surface area contributed by atoms with Crippen LogP contribution in [0, 0.1) is 16.0 Å². The van der Waals surface area contributed by atoms with Crippen LogP contribution in [-0.4, -0.2) is 11.5 Å². The van der Waals surface area contributed by atoms with Crippen LogP contribution in [0.4, 0.5) is 5.69 Å². The van der Waals surface area contributed by atoms with Gasteiger partial charge in [-0.25, -0.2) is 0 Å². The molecule has 0 heterocycles. The Balaban J connectivity index is 2.35. The normalized spacial score (nSPS) is 10.7. The fourth-order valence-corrected chi connectivity index (χ4v) is 1.78. The van der Waals surface area contributed by atoms with Crippen LogP contribution < -0.4 is 4.72 Å². The van der Waals surface area contributed by atoms with Gasteiger partial charge in [0, 0.05) is 23.6 Å². The highest BCUT2D eigenvalue weighted by atomic mass is 32.2. The quantitative estimate of drug-likeness (QED) is 0.359. The molecule has 0 aliphatic heterocycles. The molecule has 88 valence electrons. The van der Waals surface area contributed by atoms with E-state index < -0.39 is 0 Å². The minimum Gasteiger partial charge on any atom is -0.260 e. The van der Waals surface area contributed by atoms with E-state index in [1.165, 1.54) is 24.1 Å². The van der Waals surface area contributed by atoms with E-state index in [0.29, 0.717) is 5.92 Å². The van der Waals surface area contributed by atoms with E-state index in [0.717, 1.165) is 17.9 Å². The second kappa shape index (κ2) is 6.50.